The van der Waals surface area contributed by atoms with E-state index in [1.165, 1.54) is 4.31 Å². The molecule has 0 aromatic heterocycles. The molecular formula is C17H29N3O4S2. The van der Waals surface area contributed by atoms with Gasteiger partial charge in [0.1, 0.15) is 0 Å². The van der Waals surface area contributed by atoms with Crippen LogP contribution in [0.25, 0.3) is 0 Å². The fourth-order valence-corrected chi connectivity index (χ4v) is 5.77. The maximum Gasteiger partial charge on any atom is 0.279 e. The van der Waals surface area contributed by atoms with Crippen molar-refractivity contribution in [3.05, 3.63) is 35.4 Å². The Morgan fingerprint density at radius 3 is 2.12 bits per heavy atom. The zero-order valence-corrected chi connectivity index (χ0v) is 17.1. The minimum atomic E-state index is -3.57. The van der Waals surface area contributed by atoms with Crippen molar-refractivity contribution in [2.45, 2.75) is 57.9 Å². The summed E-state index contributed by atoms with van der Waals surface area (Å²) in [7, 11) is -7.04. The lowest BCUT2D eigenvalue weighted by Gasteiger charge is -2.21. The number of rotatable bonds is 8. The van der Waals surface area contributed by atoms with Crippen molar-refractivity contribution in [3.8, 4) is 0 Å². The topological polar surface area (TPSA) is 95.6 Å². The molecule has 0 bridgehead atoms. The van der Waals surface area contributed by atoms with Crippen molar-refractivity contribution in [3.63, 3.8) is 0 Å². The second kappa shape index (κ2) is 9.27. The predicted octanol–water partition coefficient (Wildman–Crippen LogP) is 1.72. The van der Waals surface area contributed by atoms with E-state index in [2.05, 4.69) is 9.44 Å². The zero-order chi connectivity index (χ0) is 19.2. The quantitative estimate of drug-likeness (QED) is 0.691. The lowest BCUT2D eigenvalue weighted by molar-refractivity contribution is 0.414. The van der Waals surface area contributed by atoms with Crippen LogP contribution in [-0.2, 0) is 32.5 Å². The molecule has 26 heavy (non-hydrogen) atoms. The van der Waals surface area contributed by atoms with Gasteiger partial charge < -0.3 is 0 Å². The number of nitrogens with one attached hydrogen (secondary N) is 2. The smallest absolute Gasteiger partial charge is 0.212 e. The van der Waals surface area contributed by atoms with Crippen LogP contribution >= 0.6 is 0 Å². The molecule has 1 aromatic carbocycles. The van der Waals surface area contributed by atoms with E-state index < -0.39 is 20.2 Å². The fourth-order valence-electron chi connectivity index (χ4n) is 3.02. The molecule has 148 valence electrons. The molecule has 9 heteroatoms. The summed E-state index contributed by atoms with van der Waals surface area (Å²) in [5.41, 5.74) is 1.26. The highest BCUT2D eigenvalue weighted by Gasteiger charge is 2.23. The average molecular weight is 404 g/mol. The summed E-state index contributed by atoms with van der Waals surface area (Å²) in [6, 6.07) is 6.82. The van der Waals surface area contributed by atoms with Crippen molar-refractivity contribution >= 4 is 20.2 Å². The maximum atomic E-state index is 12.5. The van der Waals surface area contributed by atoms with E-state index in [9.17, 15) is 16.8 Å². The van der Waals surface area contributed by atoms with E-state index in [4.69, 9.17) is 0 Å². The molecule has 1 fully saturated rings. The molecule has 0 atom stereocenters. The molecule has 2 N–H and O–H groups in total. The first-order valence-electron chi connectivity index (χ1n) is 9.01. The van der Waals surface area contributed by atoms with Gasteiger partial charge in [0.25, 0.3) is 10.2 Å². The van der Waals surface area contributed by atoms with Gasteiger partial charge in [-0.1, -0.05) is 37.1 Å². The molecule has 2 rings (SSSR count). The highest BCUT2D eigenvalue weighted by atomic mass is 32.2. The number of nitrogens with zero attached hydrogens (tertiary/aromatic N) is 1. The number of benzene rings is 1. The van der Waals surface area contributed by atoms with Crippen LogP contribution in [0.15, 0.2) is 24.3 Å². The second-order valence-corrected chi connectivity index (χ2v) is 10.4. The van der Waals surface area contributed by atoms with E-state index in [1.807, 2.05) is 0 Å². The van der Waals surface area contributed by atoms with E-state index in [1.54, 1.807) is 38.1 Å². The molecule has 0 amide bonds. The minimum absolute atomic E-state index is 0.0756. The van der Waals surface area contributed by atoms with E-state index in [0.717, 1.165) is 25.7 Å². The normalized spacial score (nSPS) is 17.3. The van der Waals surface area contributed by atoms with Gasteiger partial charge in [-0.3, -0.25) is 0 Å². The molecule has 1 saturated heterocycles. The second-order valence-electron chi connectivity index (χ2n) is 6.94. The van der Waals surface area contributed by atoms with Crippen LogP contribution in [0, 0.1) is 0 Å². The zero-order valence-electron chi connectivity index (χ0n) is 15.4. The third kappa shape index (κ3) is 6.62. The van der Waals surface area contributed by atoms with Gasteiger partial charge >= 0.3 is 0 Å². The van der Waals surface area contributed by atoms with Crippen LogP contribution in [0.2, 0.25) is 0 Å². The number of hydrogen-bond donors (Lipinski definition) is 2. The van der Waals surface area contributed by atoms with Crippen LogP contribution in [0.4, 0.5) is 0 Å². The Hall–Kier alpha value is -1.00. The Bertz CT molecular complexity index is 784. The Kier molecular flexibility index (Phi) is 7.60. The van der Waals surface area contributed by atoms with Crippen molar-refractivity contribution in [1.29, 1.82) is 0 Å². The number of sulfonamides is 1. The Morgan fingerprint density at radius 2 is 1.54 bits per heavy atom. The summed E-state index contributed by atoms with van der Waals surface area (Å²) in [4.78, 5) is 0. The van der Waals surface area contributed by atoms with Gasteiger partial charge in [-0.2, -0.15) is 17.4 Å². The summed E-state index contributed by atoms with van der Waals surface area (Å²) < 4.78 is 56.1. The molecule has 0 saturated carbocycles. The van der Waals surface area contributed by atoms with Gasteiger partial charge in [-0.05, 0) is 37.8 Å². The molecule has 0 unspecified atom stereocenters. The molecule has 0 aliphatic carbocycles. The van der Waals surface area contributed by atoms with Crippen LogP contribution in [0.3, 0.4) is 0 Å². The van der Waals surface area contributed by atoms with Gasteiger partial charge in [0, 0.05) is 25.7 Å². The SMILES string of the molecule is CC(C)NS(=O)(=O)Cc1ccccc1CNS(=O)(=O)N1CCCCCC1. The van der Waals surface area contributed by atoms with Gasteiger partial charge in [0.2, 0.25) is 10.0 Å². The van der Waals surface area contributed by atoms with Gasteiger partial charge in [-0.15, -0.1) is 0 Å². The largest absolute Gasteiger partial charge is 0.279 e. The van der Waals surface area contributed by atoms with Crippen LogP contribution < -0.4 is 9.44 Å². The number of hydrogen-bond acceptors (Lipinski definition) is 4. The summed E-state index contributed by atoms with van der Waals surface area (Å²) in [6.07, 6.45) is 3.85. The first kappa shape index (κ1) is 21.3. The first-order valence-corrected chi connectivity index (χ1v) is 12.1. The summed E-state index contributed by atoms with van der Waals surface area (Å²) in [5, 5.41) is 0. The molecule has 1 heterocycles. The Labute approximate surface area is 157 Å². The molecule has 0 radical (unpaired) electrons. The summed E-state index contributed by atoms with van der Waals surface area (Å²) in [5.74, 6) is -0.174. The highest BCUT2D eigenvalue weighted by molar-refractivity contribution is 7.88. The van der Waals surface area contributed by atoms with E-state index >= 15 is 0 Å². The molecule has 1 aromatic rings. The molecule has 1 aliphatic heterocycles. The van der Waals surface area contributed by atoms with Crippen molar-refractivity contribution < 1.29 is 16.8 Å². The highest BCUT2D eigenvalue weighted by Crippen LogP contribution is 2.15. The van der Waals surface area contributed by atoms with Gasteiger partial charge in [0.05, 0.1) is 5.75 Å². The van der Waals surface area contributed by atoms with E-state index in [0.29, 0.717) is 24.2 Å². The molecule has 1 aliphatic rings. The molecular weight excluding hydrogens is 374 g/mol. The fraction of sp³-hybridized carbons (Fsp3) is 0.647. The van der Waals surface area contributed by atoms with Crippen LogP contribution in [0.1, 0.15) is 50.7 Å². The predicted molar refractivity (Wildman–Crippen MR) is 103 cm³/mol. The van der Waals surface area contributed by atoms with Gasteiger partial charge in [-0.25, -0.2) is 13.1 Å². The van der Waals surface area contributed by atoms with Gasteiger partial charge in [0.15, 0.2) is 0 Å². The first-order chi connectivity index (χ1) is 12.2. The molecule has 0 spiro atoms. The maximum absolute atomic E-state index is 12.5. The van der Waals surface area contributed by atoms with E-state index in [-0.39, 0.29) is 18.3 Å². The third-order valence-electron chi connectivity index (χ3n) is 4.23. The van der Waals surface area contributed by atoms with Crippen molar-refractivity contribution in [1.82, 2.24) is 13.7 Å². The van der Waals surface area contributed by atoms with Crippen molar-refractivity contribution in [2.75, 3.05) is 13.1 Å². The van der Waals surface area contributed by atoms with Crippen LogP contribution in [-0.4, -0.2) is 40.3 Å². The minimum Gasteiger partial charge on any atom is -0.212 e. The van der Waals surface area contributed by atoms with Crippen molar-refractivity contribution in [2.24, 2.45) is 0 Å². The summed E-state index contributed by atoms with van der Waals surface area (Å²) in [6.45, 7) is 4.66. The lowest BCUT2D eigenvalue weighted by Crippen LogP contribution is -2.41. The monoisotopic (exact) mass is 403 g/mol. The third-order valence-corrected chi connectivity index (χ3v) is 7.30. The Balaban J connectivity index is 2.08. The average Bonchev–Trinajstić information content (AvgIpc) is 2.82. The Morgan fingerprint density at radius 1 is 0.962 bits per heavy atom. The standard InChI is InChI=1S/C17H29N3O4S2/c1-15(2)19-25(21,22)14-17-10-6-5-9-16(17)13-18-26(23,24)20-11-7-3-4-8-12-20/h5-6,9-10,15,18-19H,3-4,7-8,11-14H2,1-2H3. The van der Waals surface area contributed by atoms with Crippen LogP contribution in [0.5, 0.6) is 0 Å². The summed E-state index contributed by atoms with van der Waals surface area (Å²) >= 11 is 0. The molecule has 7 nitrogen and oxygen atoms in total. The lowest BCUT2D eigenvalue weighted by atomic mass is 10.1.